The summed E-state index contributed by atoms with van der Waals surface area (Å²) in [4.78, 5) is 7.79. The molecule has 1 aromatic carbocycles. The number of benzene rings is 1. The van der Waals surface area contributed by atoms with Crippen LogP contribution in [0.1, 0.15) is 12.5 Å². The lowest BCUT2D eigenvalue weighted by atomic mass is 10.2. The van der Waals surface area contributed by atoms with E-state index in [1.54, 1.807) is 0 Å². The Bertz CT molecular complexity index is 618. The number of hydrogen-bond acceptors (Lipinski definition) is 4. The lowest BCUT2D eigenvalue weighted by molar-refractivity contribution is -0.274. The van der Waals surface area contributed by atoms with E-state index in [2.05, 4.69) is 14.7 Å². The highest BCUT2D eigenvalue weighted by Gasteiger charge is 2.31. The van der Waals surface area contributed by atoms with Gasteiger partial charge in [-0.2, -0.15) is 0 Å². The molecular weight excluding hydrogens is 309 g/mol. The monoisotopic (exact) mass is 318 g/mol. The number of nitrogens with zero attached hydrogens (tertiary/aromatic N) is 2. The summed E-state index contributed by atoms with van der Waals surface area (Å²) < 4.78 is 45.4. The molecule has 0 unspecified atom stereocenters. The molecule has 0 saturated carbocycles. The lowest BCUT2D eigenvalue weighted by Gasteiger charge is -2.11. The van der Waals surface area contributed by atoms with Gasteiger partial charge in [0.25, 0.3) is 0 Å². The normalized spacial score (nSPS) is 11.3. The minimum absolute atomic E-state index is 0.266. The highest BCUT2D eigenvalue weighted by Crippen LogP contribution is 2.29. The standard InChI is InChI=1S/C13H10ClF3N2O2/c1-2-10-11(14)18-7-19-12(10)20-8-3-5-9(6-4-8)21-13(15,16)17/h3-7H,2H2,1H3. The summed E-state index contributed by atoms with van der Waals surface area (Å²) in [6.45, 7) is 1.86. The van der Waals surface area contributed by atoms with E-state index in [1.807, 2.05) is 6.92 Å². The number of halogens is 4. The molecule has 1 aromatic heterocycles. The largest absolute Gasteiger partial charge is 0.573 e. The summed E-state index contributed by atoms with van der Waals surface area (Å²) in [6.07, 6.45) is -2.92. The van der Waals surface area contributed by atoms with Crippen molar-refractivity contribution in [3.63, 3.8) is 0 Å². The Morgan fingerprint density at radius 2 is 1.71 bits per heavy atom. The van der Waals surface area contributed by atoms with Gasteiger partial charge in [0.15, 0.2) is 0 Å². The SMILES string of the molecule is CCc1c(Cl)ncnc1Oc1ccc(OC(F)(F)F)cc1. The molecule has 21 heavy (non-hydrogen) atoms. The zero-order valence-electron chi connectivity index (χ0n) is 10.8. The quantitative estimate of drug-likeness (QED) is 0.785. The van der Waals surface area contributed by atoms with Crippen molar-refractivity contribution in [2.24, 2.45) is 0 Å². The van der Waals surface area contributed by atoms with Crippen LogP contribution < -0.4 is 9.47 Å². The molecule has 4 nitrogen and oxygen atoms in total. The van der Waals surface area contributed by atoms with Gasteiger partial charge in [-0.25, -0.2) is 9.97 Å². The van der Waals surface area contributed by atoms with Crippen LogP contribution in [0.5, 0.6) is 17.4 Å². The van der Waals surface area contributed by atoms with Crippen LogP contribution in [-0.4, -0.2) is 16.3 Å². The Kier molecular flexibility index (Phi) is 4.52. The number of alkyl halides is 3. The topological polar surface area (TPSA) is 44.2 Å². The third-order valence-electron chi connectivity index (χ3n) is 2.48. The van der Waals surface area contributed by atoms with Gasteiger partial charge in [-0.3, -0.25) is 0 Å². The van der Waals surface area contributed by atoms with Crippen LogP contribution in [0.25, 0.3) is 0 Å². The fourth-order valence-electron chi connectivity index (χ4n) is 1.58. The smallest absolute Gasteiger partial charge is 0.439 e. The highest BCUT2D eigenvalue weighted by molar-refractivity contribution is 6.30. The van der Waals surface area contributed by atoms with Gasteiger partial charge in [0.1, 0.15) is 23.0 Å². The molecule has 0 atom stereocenters. The third-order valence-corrected chi connectivity index (χ3v) is 2.80. The molecule has 8 heteroatoms. The molecule has 0 amide bonds. The third kappa shape index (κ3) is 4.22. The second kappa shape index (κ2) is 6.17. The number of rotatable bonds is 4. The van der Waals surface area contributed by atoms with Crippen molar-refractivity contribution in [2.45, 2.75) is 19.7 Å². The highest BCUT2D eigenvalue weighted by atomic mass is 35.5. The van der Waals surface area contributed by atoms with E-state index in [-0.39, 0.29) is 16.8 Å². The molecule has 0 bridgehead atoms. The van der Waals surface area contributed by atoms with E-state index in [0.717, 1.165) is 12.1 Å². The zero-order valence-corrected chi connectivity index (χ0v) is 11.6. The van der Waals surface area contributed by atoms with Crippen LogP contribution in [0.15, 0.2) is 30.6 Å². The summed E-state index contributed by atoms with van der Waals surface area (Å²) in [5, 5.41) is 0.277. The first-order chi connectivity index (χ1) is 9.89. The second-order valence-corrected chi connectivity index (χ2v) is 4.28. The van der Waals surface area contributed by atoms with Gasteiger partial charge in [0.2, 0.25) is 5.88 Å². The molecule has 2 rings (SSSR count). The Morgan fingerprint density at radius 1 is 1.10 bits per heavy atom. The van der Waals surface area contributed by atoms with E-state index in [0.29, 0.717) is 17.7 Å². The van der Waals surface area contributed by atoms with E-state index in [1.165, 1.54) is 18.5 Å². The van der Waals surface area contributed by atoms with Crippen molar-refractivity contribution < 1.29 is 22.6 Å². The fraction of sp³-hybridized carbons (Fsp3) is 0.231. The van der Waals surface area contributed by atoms with Gasteiger partial charge in [-0.05, 0) is 30.7 Å². The lowest BCUT2D eigenvalue weighted by Crippen LogP contribution is -2.16. The average molecular weight is 319 g/mol. The van der Waals surface area contributed by atoms with Crippen molar-refractivity contribution in [1.29, 1.82) is 0 Å². The number of aromatic nitrogens is 2. The van der Waals surface area contributed by atoms with Gasteiger partial charge in [-0.15, -0.1) is 13.2 Å². The minimum atomic E-state index is -4.72. The van der Waals surface area contributed by atoms with Crippen molar-refractivity contribution in [1.82, 2.24) is 9.97 Å². The molecule has 112 valence electrons. The van der Waals surface area contributed by atoms with E-state index in [9.17, 15) is 13.2 Å². The molecule has 1 heterocycles. The second-order valence-electron chi connectivity index (χ2n) is 3.92. The Morgan fingerprint density at radius 3 is 2.29 bits per heavy atom. The maximum absolute atomic E-state index is 12.0. The van der Waals surface area contributed by atoms with Crippen molar-refractivity contribution in [2.75, 3.05) is 0 Å². The van der Waals surface area contributed by atoms with Gasteiger partial charge in [0.05, 0.1) is 5.56 Å². The molecule has 0 aliphatic heterocycles. The molecule has 0 spiro atoms. The molecule has 0 aliphatic carbocycles. The Balaban J connectivity index is 2.16. The number of ether oxygens (including phenoxy) is 2. The summed E-state index contributed by atoms with van der Waals surface area (Å²) in [5.74, 6) is 0.252. The Hall–Kier alpha value is -2.02. The summed E-state index contributed by atoms with van der Waals surface area (Å²) in [6, 6.07) is 4.99. The molecule has 0 radical (unpaired) electrons. The zero-order chi connectivity index (χ0) is 15.5. The molecule has 2 aromatic rings. The van der Waals surface area contributed by atoms with Gasteiger partial charge >= 0.3 is 6.36 Å². The average Bonchev–Trinajstić information content (AvgIpc) is 2.40. The van der Waals surface area contributed by atoms with Crippen LogP contribution in [-0.2, 0) is 6.42 Å². The van der Waals surface area contributed by atoms with E-state index >= 15 is 0 Å². The van der Waals surface area contributed by atoms with Crippen LogP contribution in [0.2, 0.25) is 5.15 Å². The van der Waals surface area contributed by atoms with E-state index in [4.69, 9.17) is 16.3 Å². The van der Waals surface area contributed by atoms with Crippen LogP contribution in [0, 0.1) is 0 Å². The van der Waals surface area contributed by atoms with Gasteiger partial charge < -0.3 is 9.47 Å². The van der Waals surface area contributed by atoms with Gasteiger partial charge in [-0.1, -0.05) is 18.5 Å². The Labute approximate surface area is 123 Å². The van der Waals surface area contributed by atoms with Gasteiger partial charge in [0, 0.05) is 0 Å². The first-order valence-electron chi connectivity index (χ1n) is 5.92. The molecule has 0 N–H and O–H groups in total. The maximum atomic E-state index is 12.0. The van der Waals surface area contributed by atoms with Crippen LogP contribution >= 0.6 is 11.6 Å². The predicted molar refractivity (Wildman–Crippen MR) is 69.6 cm³/mol. The molecule has 0 saturated heterocycles. The summed E-state index contributed by atoms with van der Waals surface area (Å²) >= 11 is 5.92. The first-order valence-corrected chi connectivity index (χ1v) is 6.30. The summed E-state index contributed by atoms with van der Waals surface area (Å²) in [7, 11) is 0. The first kappa shape index (κ1) is 15.4. The van der Waals surface area contributed by atoms with E-state index < -0.39 is 6.36 Å². The van der Waals surface area contributed by atoms with Crippen molar-refractivity contribution in [3.05, 3.63) is 41.3 Å². The maximum Gasteiger partial charge on any atom is 0.573 e. The minimum Gasteiger partial charge on any atom is -0.439 e. The fourth-order valence-corrected chi connectivity index (χ4v) is 1.84. The van der Waals surface area contributed by atoms with Crippen LogP contribution in [0.4, 0.5) is 13.2 Å². The molecule has 0 fully saturated rings. The van der Waals surface area contributed by atoms with Crippen molar-refractivity contribution in [3.8, 4) is 17.4 Å². The molecule has 0 aliphatic rings. The van der Waals surface area contributed by atoms with Crippen molar-refractivity contribution >= 4 is 11.6 Å². The molecular formula is C13H10ClF3N2O2. The summed E-state index contributed by atoms with van der Waals surface area (Å²) in [5.41, 5.74) is 0.620. The number of hydrogen-bond donors (Lipinski definition) is 0. The van der Waals surface area contributed by atoms with Crippen LogP contribution in [0.3, 0.4) is 0 Å². The predicted octanol–water partition coefficient (Wildman–Crippen LogP) is 4.38.